The first-order valence-corrected chi connectivity index (χ1v) is 7.66. The highest BCUT2D eigenvalue weighted by Gasteiger charge is 2.07. The predicted octanol–water partition coefficient (Wildman–Crippen LogP) is 4.78. The van der Waals surface area contributed by atoms with Crippen LogP contribution in [-0.4, -0.2) is 14.2 Å². The number of hydrogen-bond acceptors (Lipinski definition) is 3. The van der Waals surface area contributed by atoms with Gasteiger partial charge in [-0.15, -0.1) is 0 Å². The minimum Gasteiger partial charge on any atom is -0.496 e. The summed E-state index contributed by atoms with van der Waals surface area (Å²) in [7, 11) is 3.40. The van der Waals surface area contributed by atoms with Gasteiger partial charge >= 0.3 is 0 Å². The van der Waals surface area contributed by atoms with E-state index in [-0.39, 0.29) is 0 Å². The van der Waals surface area contributed by atoms with Crippen molar-refractivity contribution in [2.75, 3.05) is 19.5 Å². The number of hydrogen-bond donors (Lipinski definition) is 1. The van der Waals surface area contributed by atoms with Gasteiger partial charge in [0.25, 0.3) is 0 Å². The standard InChI is InChI=1S/C20H21NO2/c1-14-8-10-20(23-3)18(12-14)21-13-15-9-11-19(22-2)17-7-5-4-6-16(15)17/h4-12,21H,13H2,1-3H3. The second-order valence-electron chi connectivity index (χ2n) is 5.53. The first-order valence-electron chi connectivity index (χ1n) is 7.66. The molecule has 0 bridgehead atoms. The fraction of sp³-hybridized carbons (Fsp3) is 0.200. The molecule has 0 aromatic heterocycles. The highest BCUT2D eigenvalue weighted by Crippen LogP contribution is 2.30. The maximum Gasteiger partial charge on any atom is 0.141 e. The molecule has 3 heteroatoms. The number of methoxy groups -OCH3 is 2. The van der Waals surface area contributed by atoms with Crippen molar-refractivity contribution in [2.45, 2.75) is 13.5 Å². The Kier molecular flexibility index (Phi) is 4.38. The SMILES string of the molecule is COc1ccc(C)cc1NCc1ccc(OC)c2ccccc12. The molecular weight excluding hydrogens is 286 g/mol. The number of rotatable bonds is 5. The Morgan fingerprint density at radius 3 is 2.26 bits per heavy atom. The van der Waals surface area contributed by atoms with Crippen molar-refractivity contribution < 1.29 is 9.47 Å². The monoisotopic (exact) mass is 307 g/mol. The Morgan fingerprint density at radius 1 is 0.826 bits per heavy atom. The molecule has 118 valence electrons. The summed E-state index contributed by atoms with van der Waals surface area (Å²) in [5.41, 5.74) is 3.44. The van der Waals surface area contributed by atoms with Gasteiger partial charge in [0.2, 0.25) is 0 Å². The number of anilines is 1. The van der Waals surface area contributed by atoms with Crippen molar-refractivity contribution in [3.63, 3.8) is 0 Å². The van der Waals surface area contributed by atoms with Gasteiger partial charge in [0, 0.05) is 11.9 Å². The first-order chi connectivity index (χ1) is 11.2. The van der Waals surface area contributed by atoms with E-state index in [1.165, 1.54) is 16.5 Å². The van der Waals surface area contributed by atoms with Crippen LogP contribution in [0.4, 0.5) is 5.69 Å². The fourth-order valence-electron chi connectivity index (χ4n) is 2.82. The van der Waals surface area contributed by atoms with E-state index in [0.29, 0.717) is 0 Å². The average molecular weight is 307 g/mol. The highest BCUT2D eigenvalue weighted by molar-refractivity contribution is 5.91. The van der Waals surface area contributed by atoms with Gasteiger partial charge in [0.15, 0.2) is 0 Å². The molecular formula is C20H21NO2. The van der Waals surface area contributed by atoms with Crippen LogP contribution < -0.4 is 14.8 Å². The predicted molar refractivity (Wildman–Crippen MR) is 95.6 cm³/mol. The molecule has 23 heavy (non-hydrogen) atoms. The second kappa shape index (κ2) is 6.61. The van der Waals surface area contributed by atoms with Crippen LogP contribution in [0.2, 0.25) is 0 Å². The minimum atomic E-state index is 0.727. The lowest BCUT2D eigenvalue weighted by atomic mass is 10.0. The molecule has 0 aliphatic rings. The number of nitrogens with one attached hydrogen (secondary N) is 1. The van der Waals surface area contributed by atoms with Crippen LogP contribution in [0.15, 0.2) is 54.6 Å². The summed E-state index contributed by atoms with van der Waals surface area (Å²) in [6.07, 6.45) is 0. The summed E-state index contributed by atoms with van der Waals surface area (Å²) < 4.78 is 10.9. The maximum atomic E-state index is 5.46. The number of aryl methyl sites for hydroxylation is 1. The fourth-order valence-corrected chi connectivity index (χ4v) is 2.82. The van der Waals surface area contributed by atoms with Crippen LogP contribution in [0.1, 0.15) is 11.1 Å². The molecule has 3 nitrogen and oxygen atoms in total. The molecule has 0 saturated carbocycles. The topological polar surface area (TPSA) is 30.5 Å². The Bertz CT molecular complexity index is 827. The van der Waals surface area contributed by atoms with E-state index in [0.717, 1.165) is 29.1 Å². The zero-order chi connectivity index (χ0) is 16.2. The summed E-state index contributed by atoms with van der Waals surface area (Å²) in [5.74, 6) is 1.76. The Balaban J connectivity index is 1.93. The summed E-state index contributed by atoms with van der Waals surface area (Å²) in [6.45, 7) is 2.80. The third kappa shape index (κ3) is 3.09. The van der Waals surface area contributed by atoms with Crippen molar-refractivity contribution in [3.05, 3.63) is 65.7 Å². The van der Waals surface area contributed by atoms with Crippen molar-refractivity contribution in [2.24, 2.45) is 0 Å². The van der Waals surface area contributed by atoms with E-state index in [1.54, 1.807) is 14.2 Å². The van der Waals surface area contributed by atoms with E-state index in [1.807, 2.05) is 24.3 Å². The van der Waals surface area contributed by atoms with Gasteiger partial charge in [-0.2, -0.15) is 0 Å². The normalized spacial score (nSPS) is 10.6. The lowest BCUT2D eigenvalue weighted by Crippen LogP contribution is -2.02. The van der Waals surface area contributed by atoms with Crippen LogP contribution in [-0.2, 0) is 6.54 Å². The quantitative estimate of drug-likeness (QED) is 0.736. The average Bonchev–Trinajstić information content (AvgIpc) is 2.59. The molecule has 3 aromatic carbocycles. The van der Waals surface area contributed by atoms with Crippen LogP contribution in [0, 0.1) is 6.92 Å². The molecule has 0 fully saturated rings. The van der Waals surface area contributed by atoms with Gasteiger partial charge < -0.3 is 14.8 Å². The van der Waals surface area contributed by atoms with Gasteiger partial charge in [0.05, 0.1) is 19.9 Å². The van der Waals surface area contributed by atoms with Crippen LogP contribution in [0.25, 0.3) is 10.8 Å². The number of benzene rings is 3. The molecule has 0 radical (unpaired) electrons. The molecule has 0 spiro atoms. The number of ether oxygens (including phenoxy) is 2. The van der Waals surface area contributed by atoms with E-state index < -0.39 is 0 Å². The highest BCUT2D eigenvalue weighted by atomic mass is 16.5. The van der Waals surface area contributed by atoms with E-state index in [2.05, 4.69) is 42.6 Å². The first kappa shape index (κ1) is 15.2. The van der Waals surface area contributed by atoms with Crippen molar-refractivity contribution in [1.29, 1.82) is 0 Å². The zero-order valence-electron chi connectivity index (χ0n) is 13.7. The Labute approximate surface area is 136 Å². The summed E-state index contributed by atoms with van der Waals surface area (Å²) in [6, 6.07) is 18.6. The third-order valence-electron chi connectivity index (χ3n) is 4.02. The van der Waals surface area contributed by atoms with Crippen LogP contribution >= 0.6 is 0 Å². The summed E-state index contributed by atoms with van der Waals surface area (Å²) in [5, 5.41) is 5.82. The summed E-state index contributed by atoms with van der Waals surface area (Å²) in [4.78, 5) is 0. The van der Waals surface area contributed by atoms with E-state index >= 15 is 0 Å². The lowest BCUT2D eigenvalue weighted by molar-refractivity contribution is 0.416. The van der Waals surface area contributed by atoms with Gasteiger partial charge in [0.1, 0.15) is 11.5 Å². The molecule has 0 heterocycles. The molecule has 1 N–H and O–H groups in total. The lowest BCUT2D eigenvalue weighted by Gasteiger charge is -2.14. The largest absolute Gasteiger partial charge is 0.496 e. The second-order valence-corrected chi connectivity index (χ2v) is 5.53. The van der Waals surface area contributed by atoms with Gasteiger partial charge in [-0.1, -0.05) is 36.4 Å². The molecule has 0 atom stereocenters. The molecule has 0 unspecified atom stereocenters. The molecule has 0 amide bonds. The van der Waals surface area contributed by atoms with Crippen molar-refractivity contribution >= 4 is 16.5 Å². The number of fused-ring (bicyclic) bond motifs is 1. The van der Waals surface area contributed by atoms with Gasteiger partial charge in [-0.3, -0.25) is 0 Å². The Hall–Kier alpha value is -2.68. The summed E-state index contributed by atoms with van der Waals surface area (Å²) >= 11 is 0. The molecule has 0 saturated heterocycles. The molecule has 0 aliphatic heterocycles. The van der Waals surface area contributed by atoms with Crippen LogP contribution in [0.3, 0.4) is 0 Å². The minimum absolute atomic E-state index is 0.727. The molecule has 3 aromatic rings. The van der Waals surface area contributed by atoms with Gasteiger partial charge in [-0.25, -0.2) is 0 Å². The Morgan fingerprint density at radius 2 is 1.52 bits per heavy atom. The van der Waals surface area contributed by atoms with E-state index in [9.17, 15) is 0 Å². The third-order valence-corrected chi connectivity index (χ3v) is 4.02. The van der Waals surface area contributed by atoms with Crippen LogP contribution in [0.5, 0.6) is 11.5 Å². The molecule has 0 aliphatic carbocycles. The van der Waals surface area contributed by atoms with Crippen molar-refractivity contribution in [3.8, 4) is 11.5 Å². The zero-order valence-corrected chi connectivity index (χ0v) is 13.7. The van der Waals surface area contributed by atoms with Crippen molar-refractivity contribution in [1.82, 2.24) is 0 Å². The van der Waals surface area contributed by atoms with E-state index in [4.69, 9.17) is 9.47 Å². The maximum absolute atomic E-state index is 5.46. The van der Waals surface area contributed by atoms with Gasteiger partial charge in [-0.05, 0) is 41.6 Å². The smallest absolute Gasteiger partial charge is 0.141 e. The molecule has 3 rings (SSSR count).